The molecule has 0 aliphatic rings. The fourth-order valence-electron chi connectivity index (χ4n) is 7.21. The number of hydrogen-bond acceptors (Lipinski definition) is 6. The summed E-state index contributed by atoms with van der Waals surface area (Å²) in [5.41, 5.74) is 0. The lowest BCUT2D eigenvalue weighted by atomic mass is 10.1. The van der Waals surface area contributed by atoms with Gasteiger partial charge in [-0.1, -0.05) is 235 Å². The van der Waals surface area contributed by atoms with Crippen LogP contribution in [-0.4, -0.2) is 37.2 Å². The van der Waals surface area contributed by atoms with E-state index in [0.29, 0.717) is 19.3 Å². The molecule has 6 heteroatoms. The lowest BCUT2D eigenvalue weighted by Gasteiger charge is -2.18. The Hall–Kier alpha value is -5.49. The third kappa shape index (κ3) is 59.4. The Kier molecular flexibility index (Phi) is 57.6. The van der Waals surface area contributed by atoms with Gasteiger partial charge in [-0.25, -0.2) is 0 Å². The van der Waals surface area contributed by atoms with Gasteiger partial charge in [0, 0.05) is 19.3 Å². The zero-order chi connectivity index (χ0) is 55.0. The van der Waals surface area contributed by atoms with Crippen LogP contribution in [0, 0.1) is 0 Å². The zero-order valence-corrected chi connectivity index (χ0v) is 48.2. The SMILES string of the molecule is CC/C=C\C/C=C\C/C=C\C/C=C\C/C=C\C/C=C\C/C=C\C/C=C\CCCCC(=O)OCC(COC(=O)CCCCCCC/C=C\C/C=C\CCCC)OC(=O)CCC/C=C\C/C=C\C/C=C\C/C=C\C/C=C\CC. The molecule has 0 spiro atoms. The number of rotatable bonds is 51. The number of unbranched alkanes of at least 4 members (excludes halogenated alkanes) is 10. The van der Waals surface area contributed by atoms with Crippen LogP contribution in [-0.2, 0) is 28.6 Å². The highest BCUT2D eigenvalue weighted by molar-refractivity contribution is 5.71. The molecule has 0 fully saturated rings. The maximum absolute atomic E-state index is 12.8. The number of ether oxygens (including phenoxy) is 3. The van der Waals surface area contributed by atoms with Gasteiger partial charge in [0.15, 0.2) is 6.10 Å². The molecule has 0 aliphatic carbocycles. The Balaban J connectivity index is 4.56. The van der Waals surface area contributed by atoms with Crippen molar-refractivity contribution < 1.29 is 28.6 Å². The molecule has 0 radical (unpaired) electrons. The van der Waals surface area contributed by atoms with Gasteiger partial charge in [0.05, 0.1) is 0 Å². The molecule has 76 heavy (non-hydrogen) atoms. The van der Waals surface area contributed by atoms with Crippen molar-refractivity contribution in [1.29, 1.82) is 0 Å². The van der Waals surface area contributed by atoms with Crippen LogP contribution in [0.2, 0.25) is 0 Å². The van der Waals surface area contributed by atoms with Gasteiger partial charge in [-0.2, -0.15) is 0 Å². The summed E-state index contributed by atoms with van der Waals surface area (Å²) >= 11 is 0. The molecule has 0 saturated carbocycles. The van der Waals surface area contributed by atoms with E-state index < -0.39 is 12.1 Å². The zero-order valence-electron chi connectivity index (χ0n) is 48.2. The predicted octanol–water partition coefficient (Wildman–Crippen LogP) is 20.5. The maximum Gasteiger partial charge on any atom is 0.306 e. The minimum absolute atomic E-state index is 0.132. The van der Waals surface area contributed by atoms with E-state index in [1.807, 2.05) is 0 Å². The Morgan fingerprint density at radius 2 is 0.526 bits per heavy atom. The monoisotopic (exact) mass is 1040 g/mol. The molecule has 0 aliphatic heterocycles. The van der Waals surface area contributed by atoms with E-state index in [0.717, 1.165) is 148 Å². The first kappa shape index (κ1) is 70.5. The Labute approximate surface area is 465 Å². The molecule has 6 nitrogen and oxygen atoms in total. The summed E-state index contributed by atoms with van der Waals surface area (Å²) in [5, 5.41) is 0. The third-order valence-electron chi connectivity index (χ3n) is 11.6. The van der Waals surface area contributed by atoms with Crippen molar-refractivity contribution in [3.8, 4) is 0 Å². The minimum Gasteiger partial charge on any atom is -0.462 e. The number of carbonyl (C=O) groups is 3. The van der Waals surface area contributed by atoms with Gasteiger partial charge in [-0.05, 0) is 148 Å². The molecule has 0 bridgehead atoms. The number of hydrogen-bond donors (Lipinski definition) is 0. The van der Waals surface area contributed by atoms with E-state index in [-0.39, 0.29) is 38.0 Å². The van der Waals surface area contributed by atoms with Crippen molar-refractivity contribution in [2.75, 3.05) is 13.2 Å². The van der Waals surface area contributed by atoms with Crippen molar-refractivity contribution in [2.24, 2.45) is 0 Å². The number of allylic oxidation sites excluding steroid dienone is 30. The van der Waals surface area contributed by atoms with E-state index in [2.05, 4.69) is 203 Å². The van der Waals surface area contributed by atoms with Crippen molar-refractivity contribution in [2.45, 2.75) is 226 Å². The van der Waals surface area contributed by atoms with Crippen molar-refractivity contribution in [1.82, 2.24) is 0 Å². The van der Waals surface area contributed by atoms with E-state index >= 15 is 0 Å². The van der Waals surface area contributed by atoms with Crippen LogP contribution in [0.15, 0.2) is 182 Å². The summed E-state index contributed by atoms with van der Waals surface area (Å²) in [6.45, 7) is 6.25. The molecule has 1 unspecified atom stereocenters. The number of esters is 3. The van der Waals surface area contributed by atoms with Gasteiger partial charge >= 0.3 is 17.9 Å². The highest BCUT2D eigenvalue weighted by atomic mass is 16.6. The lowest BCUT2D eigenvalue weighted by Crippen LogP contribution is -2.30. The molecule has 0 aromatic heterocycles. The van der Waals surface area contributed by atoms with Gasteiger partial charge in [0.2, 0.25) is 0 Å². The second kappa shape index (κ2) is 62.1. The van der Waals surface area contributed by atoms with E-state index in [1.165, 1.54) is 19.3 Å². The van der Waals surface area contributed by atoms with Crippen LogP contribution < -0.4 is 0 Å². The predicted molar refractivity (Wildman–Crippen MR) is 329 cm³/mol. The third-order valence-corrected chi connectivity index (χ3v) is 11.6. The van der Waals surface area contributed by atoms with Crippen LogP contribution in [0.5, 0.6) is 0 Å². The van der Waals surface area contributed by atoms with Crippen LogP contribution in [0.3, 0.4) is 0 Å². The minimum atomic E-state index is -0.843. The second-order valence-electron chi connectivity index (χ2n) is 18.8. The quantitative estimate of drug-likeness (QED) is 0.0261. The smallest absolute Gasteiger partial charge is 0.306 e. The van der Waals surface area contributed by atoms with Crippen molar-refractivity contribution in [3.05, 3.63) is 182 Å². The van der Waals surface area contributed by atoms with Crippen LogP contribution >= 0.6 is 0 Å². The largest absolute Gasteiger partial charge is 0.462 e. The summed E-state index contributed by atoms with van der Waals surface area (Å²) in [7, 11) is 0. The Morgan fingerprint density at radius 3 is 0.868 bits per heavy atom. The first-order valence-electron chi connectivity index (χ1n) is 29.8. The first-order valence-corrected chi connectivity index (χ1v) is 29.8. The first-order chi connectivity index (χ1) is 37.5. The maximum atomic E-state index is 12.8. The van der Waals surface area contributed by atoms with Crippen LogP contribution in [0.4, 0.5) is 0 Å². The Bertz CT molecular complexity index is 1820. The second-order valence-corrected chi connectivity index (χ2v) is 18.8. The van der Waals surface area contributed by atoms with Gasteiger partial charge in [-0.3, -0.25) is 14.4 Å². The molecule has 0 heterocycles. The molecule has 0 rings (SSSR count). The molecule has 0 N–H and O–H groups in total. The Morgan fingerprint density at radius 1 is 0.276 bits per heavy atom. The summed E-state index contributed by atoms with van der Waals surface area (Å²) in [6, 6.07) is 0. The van der Waals surface area contributed by atoms with Gasteiger partial charge in [-0.15, -0.1) is 0 Å². The fraction of sp³-hybridized carbons (Fsp3) is 0.529. The molecule has 0 saturated heterocycles. The molecule has 1 atom stereocenters. The molecular formula is C70H106O6. The van der Waals surface area contributed by atoms with Crippen molar-refractivity contribution >= 4 is 17.9 Å². The van der Waals surface area contributed by atoms with Crippen LogP contribution in [0.25, 0.3) is 0 Å². The average molecular weight is 1040 g/mol. The summed E-state index contributed by atoms with van der Waals surface area (Å²) in [4.78, 5) is 38.2. The van der Waals surface area contributed by atoms with Crippen LogP contribution in [0.1, 0.15) is 220 Å². The summed E-state index contributed by atoms with van der Waals surface area (Å²) in [6.07, 6.45) is 93.2. The normalized spacial score (nSPS) is 13.5. The van der Waals surface area contributed by atoms with E-state index in [4.69, 9.17) is 14.2 Å². The highest BCUT2D eigenvalue weighted by Gasteiger charge is 2.19. The van der Waals surface area contributed by atoms with Gasteiger partial charge < -0.3 is 14.2 Å². The lowest BCUT2D eigenvalue weighted by molar-refractivity contribution is -0.167. The molecular weight excluding hydrogens is 937 g/mol. The van der Waals surface area contributed by atoms with E-state index in [1.54, 1.807) is 0 Å². The molecule has 0 amide bonds. The van der Waals surface area contributed by atoms with Gasteiger partial charge in [0.1, 0.15) is 13.2 Å². The number of carbonyl (C=O) groups excluding carboxylic acids is 3. The fourth-order valence-corrected chi connectivity index (χ4v) is 7.21. The van der Waals surface area contributed by atoms with E-state index in [9.17, 15) is 14.4 Å². The molecule has 0 aromatic rings. The summed E-state index contributed by atoms with van der Waals surface area (Å²) < 4.78 is 16.8. The average Bonchev–Trinajstić information content (AvgIpc) is 3.42. The van der Waals surface area contributed by atoms with Crippen molar-refractivity contribution in [3.63, 3.8) is 0 Å². The molecule has 422 valence electrons. The molecule has 0 aromatic carbocycles. The topological polar surface area (TPSA) is 78.9 Å². The highest BCUT2D eigenvalue weighted by Crippen LogP contribution is 2.11. The van der Waals surface area contributed by atoms with Gasteiger partial charge in [0.25, 0.3) is 0 Å². The summed E-state index contributed by atoms with van der Waals surface area (Å²) in [5.74, 6) is -1.06. The standard InChI is InChI=1S/C70H106O6/c1-4-7-10-13-16-19-22-25-28-30-31-32-33-34-35-36-37-38-39-41-42-45-48-51-54-57-60-63-69(72)75-66-67(65-74-68(71)62-59-56-53-50-47-44-27-24-21-18-15-12-9-6-3)76-70(73)64-61-58-55-52-49-46-43-40-29-26-23-20-17-14-11-8-5-2/h7-8,10-11,15-20,24-29,31-32,34-35,37-38,41-43,46,48,51-52,55,67H,4-6,9,12-14,21-23,30,33,36,39-40,44-45,47,49-50,53-54,56-66H2,1-3H3/b10-7-,11-8-,18-15-,19-16-,20-17-,27-24-,28-25-,29-26-,32-31-,35-34-,38-37-,42-41-,46-43-,51-48-,55-52-.